The van der Waals surface area contributed by atoms with Gasteiger partial charge in [0.2, 0.25) is 0 Å². The summed E-state index contributed by atoms with van der Waals surface area (Å²) in [5.74, 6) is 0. The van der Waals surface area contributed by atoms with E-state index in [0.29, 0.717) is 0 Å². The topological polar surface area (TPSA) is 0 Å². The van der Waals surface area contributed by atoms with Crippen LogP contribution in [0.4, 0.5) is 0 Å². The molecule has 0 spiro atoms. The van der Waals surface area contributed by atoms with Crippen molar-refractivity contribution in [2.45, 2.75) is 57.8 Å². The van der Waals surface area contributed by atoms with Gasteiger partial charge in [-0.3, -0.25) is 0 Å². The first-order valence-corrected chi connectivity index (χ1v) is 24.8. The number of hydrogen-bond donors (Lipinski definition) is 0. The maximum atomic E-state index is 2.60. The molecule has 0 aliphatic heterocycles. The Balaban J connectivity index is 1.07. The highest BCUT2D eigenvalue weighted by atomic mass is 14.4. The molecule has 0 nitrogen and oxygen atoms in total. The standard InChI is InChI=1S/C69H50/c1-67(2)58-23-12-9-18-45(58)48-29-27-40(35-61(48)67)64-53-31-26-39(42-32-33-52-44-17-8-7-16-43(44)51-22-15-21-50(42)66(51)52)34-55(53)65(41-28-30-49-46-19-10-13-24-59(46)68(3,4)62(49)36-41)57-38-63-54(37-56(57)64)47-20-11-14-25-60(47)69(63,5)6/h7-38H,1-6H3. The number of hydrogen-bond acceptors (Lipinski definition) is 0. The first-order valence-electron chi connectivity index (χ1n) is 24.8. The van der Waals surface area contributed by atoms with E-state index in [1.165, 1.54) is 155 Å². The van der Waals surface area contributed by atoms with Crippen molar-refractivity contribution in [3.8, 4) is 89.0 Å². The Kier molecular flexibility index (Phi) is 7.53. The Morgan fingerprint density at radius 2 is 0.609 bits per heavy atom. The predicted molar refractivity (Wildman–Crippen MR) is 292 cm³/mol. The number of benzene rings is 11. The summed E-state index contributed by atoms with van der Waals surface area (Å²) in [6.45, 7) is 14.5. The van der Waals surface area contributed by atoms with E-state index in [1.54, 1.807) is 0 Å². The predicted octanol–water partition coefficient (Wildman–Crippen LogP) is 18.7. The van der Waals surface area contributed by atoms with Gasteiger partial charge in [0.1, 0.15) is 0 Å². The van der Waals surface area contributed by atoms with Crippen LogP contribution >= 0.6 is 0 Å². The van der Waals surface area contributed by atoms with Crippen LogP contribution < -0.4 is 0 Å². The molecule has 0 heteroatoms. The monoisotopic (exact) mass is 878 g/mol. The van der Waals surface area contributed by atoms with Gasteiger partial charge in [-0.25, -0.2) is 0 Å². The Labute approximate surface area is 404 Å². The van der Waals surface area contributed by atoms with E-state index in [0.717, 1.165) is 0 Å². The SMILES string of the molecule is CC1(C)c2ccccc2-c2ccc(-c3c4ccc(-c5ccc6c7c(cccc57)-c5ccccc5-6)cc4c(-c4ccc5c(c4)C(C)(C)c4ccccc4-5)c4cc5c(cc34)-c3ccccc3C5(C)C)cc21. The Morgan fingerprint density at radius 1 is 0.217 bits per heavy atom. The summed E-state index contributed by atoms with van der Waals surface area (Å²) in [7, 11) is 0. The summed E-state index contributed by atoms with van der Waals surface area (Å²) in [4.78, 5) is 0. The minimum Gasteiger partial charge on any atom is -0.0619 e. The van der Waals surface area contributed by atoms with Crippen molar-refractivity contribution in [2.75, 3.05) is 0 Å². The van der Waals surface area contributed by atoms with Crippen LogP contribution in [0.25, 0.3) is 121 Å². The molecule has 0 heterocycles. The molecular weight excluding hydrogens is 829 g/mol. The van der Waals surface area contributed by atoms with Gasteiger partial charge in [0.05, 0.1) is 0 Å². The third-order valence-electron chi connectivity index (χ3n) is 17.4. The van der Waals surface area contributed by atoms with Crippen molar-refractivity contribution in [1.29, 1.82) is 0 Å². The fourth-order valence-corrected chi connectivity index (χ4v) is 14.0. The van der Waals surface area contributed by atoms with Crippen LogP contribution in [0.2, 0.25) is 0 Å². The van der Waals surface area contributed by atoms with Gasteiger partial charge in [-0.2, -0.15) is 0 Å². The zero-order valence-electron chi connectivity index (χ0n) is 40.0. The molecule has 11 aromatic rings. The fourth-order valence-electron chi connectivity index (χ4n) is 14.0. The molecule has 0 amide bonds. The zero-order chi connectivity index (χ0) is 46.3. The molecule has 4 aliphatic carbocycles. The average molecular weight is 879 g/mol. The molecule has 0 aromatic heterocycles. The second-order valence-corrected chi connectivity index (χ2v) is 21.9. The summed E-state index contributed by atoms with van der Waals surface area (Å²) in [5.41, 5.74) is 29.0. The Bertz CT molecular complexity index is 4120. The Morgan fingerprint density at radius 3 is 1.19 bits per heavy atom. The quantitative estimate of drug-likeness (QED) is 0.155. The molecule has 69 heavy (non-hydrogen) atoms. The van der Waals surface area contributed by atoms with Gasteiger partial charge in [0.25, 0.3) is 0 Å². The summed E-state index contributed by atoms with van der Waals surface area (Å²) < 4.78 is 0. The highest BCUT2D eigenvalue weighted by molar-refractivity contribution is 6.24. The molecule has 0 bridgehead atoms. The van der Waals surface area contributed by atoms with Crippen molar-refractivity contribution in [2.24, 2.45) is 0 Å². The normalized spacial score (nSPS) is 15.4. The second-order valence-electron chi connectivity index (χ2n) is 21.9. The third kappa shape index (κ3) is 4.99. The molecule has 0 N–H and O–H groups in total. The lowest BCUT2D eigenvalue weighted by atomic mass is 9.77. The van der Waals surface area contributed by atoms with Crippen molar-refractivity contribution < 1.29 is 0 Å². The lowest BCUT2D eigenvalue weighted by Crippen LogP contribution is -2.15. The summed E-state index contributed by atoms with van der Waals surface area (Å²) in [6.07, 6.45) is 0. The smallest absolute Gasteiger partial charge is 0.0159 e. The van der Waals surface area contributed by atoms with Crippen LogP contribution in [0.1, 0.15) is 74.9 Å². The minimum absolute atomic E-state index is 0.130. The van der Waals surface area contributed by atoms with Crippen LogP contribution in [-0.4, -0.2) is 0 Å². The molecule has 11 aromatic carbocycles. The average Bonchev–Trinajstić information content (AvgIpc) is 3.99. The zero-order valence-corrected chi connectivity index (χ0v) is 40.0. The van der Waals surface area contributed by atoms with E-state index < -0.39 is 0 Å². The molecule has 326 valence electrons. The van der Waals surface area contributed by atoms with Gasteiger partial charge in [0, 0.05) is 16.2 Å². The van der Waals surface area contributed by atoms with Crippen molar-refractivity contribution >= 4 is 32.3 Å². The second kappa shape index (κ2) is 13.2. The molecule has 0 unspecified atom stereocenters. The Hall–Kier alpha value is -7.80. The van der Waals surface area contributed by atoms with E-state index in [9.17, 15) is 0 Å². The van der Waals surface area contributed by atoms with Gasteiger partial charge >= 0.3 is 0 Å². The largest absolute Gasteiger partial charge is 0.0619 e. The van der Waals surface area contributed by atoms with Crippen molar-refractivity contribution in [1.82, 2.24) is 0 Å². The van der Waals surface area contributed by atoms with Gasteiger partial charge < -0.3 is 0 Å². The van der Waals surface area contributed by atoms with Gasteiger partial charge in [0.15, 0.2) is 0 Å². The molecule has 0 saturated heterocycles. The van der Waals surface area contributed by atoms with Gasteiger partial charge in [-0.05, 0) is 185 Å². The maximum Gasteiger partial charge on any atom is 0.0159 e. The van der Waals surface area contributed by atoms with Crippen molar-refractivity contribution in [3.63, 3.8) is 0 Å². The highest BCUT2D eigenvalue weighted by Crippen LogP contribution is 2.57. The van der Waals surface area contributed by atoms with Crippen LogP contribution in [0.3, 0.4) is 0 Å². The first-order chi connectivity index (χ1) is 33.5. The molecular formula is C69H50. The lowest BCUT2D eigenvalue weighted by Gasteiger charge is -2.26. The molecule has 4 aliphatic rings. The summed E-state index contributed by atoms with van der Waals surface area (Å²) in [5, 5.41) is 7.83. The van der Waals surface area contributed by atoms with Crippen molar-refractivity contribution in [3.05, 3.63) is 228 Å². The first kappa shape index (κ1) is 39.2. The molecule has 0 saturated carbocycles. The minimum atomic E-state index is -0.165. The van der Waals surface area contributed by atoms with Gasteiger partial charge in [-0.1, -0.05) is 205 Å². The van der Waals surface area contributed by atoms with E-state index in [2.05, 4.69) is 236 Å². The maximum absolute atomic E-state index is 2.60. The lowest BCUT2D eigenvalue weighted by molar-refractivity contribution is 0.660. The molecule has 0 radical (unpaired) electrons. The van der Waals surface area contributed by atoms with E-state index in [4.69, 9.17) is 0 Å². The molecule has 15 rings (SSSR count). The number of fused-ring (bicyclic) bond motifs is 14. The molecule has 0 atom stereocenters. The van der Waals surface area contributed by atoms with E-state index in [1.807, 2.05) is 0 Å². The van der Waals surface area contributed by atoms with Gasteiger partial charge in [-0.15, -0.1) is 0 Å². The van der Waals surface area contributed by atoms with Crippen LogP contribution in [0.15, 0.2) is 194 Å². The fraction of sp³-hybridized carbons (Fsp3) is 0.130. The summed E-state index contributed by atoms with van der Waals surface area (Å²) >= 11 is 0. The van der Waals surface area contributed by atoms with Crippen LogP contribution in [0.5, 0.6) is 0 Å². The third-order valence-corrected chi connectivity index (χ3v) is 17.4. The van der Waals surface area contributed by atoms with E-state index in [-0.39, 0.29) is 16.2 Å². The number of rotatable bonds is 3. The summed E-state index contributed by atoms with van der Waals surface area (Å²) in [6, 6.07) is 75.1. The van der Waals surface area contributed by atoms with Crippen LogP contribution in [-0.2, 0) is 16.2 Å². The molecule has 0 fully saturated rings. The van der Waals surface area contributed by atoms with Crippen LogP contribution in [0, 0.1) is 0 Å². The highest BCUT2D eigenvalue weighted by Gasteiger charge is 2.39. The van der Waals surface area contributed by atoms with E-state index >= 15 is 0 Å².